The second-order valence-corrected chi connectivity index (χ2v) is 4.60. The van der Waals surface area contributed by atoms with E-state index < -0.39 is 0 Å². The van der Waals surface area contributed by atoms with Crippen molar-refractivity contribution in [3.8, 4) is 11.4 Å². The SMILES string of the molecule is CCCNc1cc(C)nc(-c2ccc(F)cc2C)n1. The van der Waals surface area contributed by atoms with E-state index in [0.717, 1.165) is 35.6 Å². The second-order valence-electron chi connectivity index (χ2n) is 4.60. The fourth-order valence-corrected chi connectivity index (χ4v) is 1.91. The molecule has 0 aliphatic heterocycles. The highest BCUT2D eigenvalue weighted by molar-refractivity contribution is 5.61. The maximum atomic E-state index is 13.1. The molecule has 0 unspecified atom stereocenters. The Kier molecular flexibility index (Phi) is 4.10. The van der Waals surface area contributed by atoms with Crippen LogP contribution in [-0.4, -0.2) is 16.5 Å². The summed E-state index contributed by atoms with van der Waals surface area (Å²) in [6, 6.07) is 6.58. The highest BCUT2D eigenvalue weighted by Crippen LogP contribution is 2.22. The molecule has 3 nitrogen and oxygen atoms in total. The number of benzene rings is 1. The largest absolute Gasteiger partial charge is 0.370 e. The molecule has 2 aromatic rings. The van der Waals surface area contributed by atoms with Crippen molar-refractivity contribution < 1.29 is 4.39 Å². The van der Waals surface area contributed by atoms with E-state index >= 15 is 0 Å². The Labute approximate surface area is 112 Å². The molecule has 19 heavy (non-hydrogen) atoms. The number of anilines is 1. The highest BCUT2D eigenvalue weighted by Gasteiger charge is 2.08. The first kappa shape index (κ1) is 13.5. The van der Waals surface area contributed by atoms with Crippen molar-refractivity contribution >= 4 is 5.82 Å². The van der Waals surface area contributed by atoms with Crippen molar-refractivity contribution in [2.24, 2.45) is 0 Å². The Hall–Kier alpha value is -1.97. The third kappa shape index (κ3) is 3.28. The molecular formula is C15H18FN3. The van der Waals surface area contributed by atoms with Crippen LogP contribution >= 0.6 is 0 Å². The third-order valence-corrected chi connectivity index (χ3v) is 2.84. The average molecular weight is 259 g/mol. The van der Waals surface area contributed by atoms with Crippen LogP contribution in [0.1, 0.15) is 24.6 Å². The van der Waals surface area contributed by atoms with Gasteiger partial charge in [-0.3, -0.25) is 0 Å². The topological polar surface area (TPSA) is 37.8 Å². The van der Waals surface area contributed by atoms with Crippen molar-refractivity contribution in [3.63, 3.8) is 0 Å². The van der Waals surface area contributed by atoms with E-state index in [4.69, 9.17) is 0 Å². The van der Waals surface area contributed by atoms with E-state index in [9.17, 15) is 4.39 Å². The van der Waals surface area contributed by atoms with E-state index in [0.29, 0.717) is 5.82 Å². The van der Waals surface area contributed by atoms with Gasteiger partial charge in [0.2, 0.25) is 0 Å². The van der Waals surface area contributed by atoms with Crippen LogP contribution in [0.2, 0.25) is 0 Å². The summed E-state index contributed by atoms with van der Waals surface area (Å²) in [5.41, 5.74) is 2.60. The van der Waals surface area contributed by atoms with Crippen LogP contribution in [0.15, 0.2) is 24.3 Å². The van der Waals surface area contributed by atoms with Gasteiger partial charge in [-0.25, -0.2) is 14.4 Å². The number of halogens is 1. The molecule has 0 aliphatic carbocycles. The Morgan fingerprint density at radius 3 is 2.63 bits per heavy atom. The van der Waals surface area contributed by atoms with E-state index in [1.807, 2.05) is 19.9 Å². The van der Waals surface area contributed by atoms with Gasteiger partial charge < -0.3 is 5.32 Å². The van der Waals surface area contributed by atoms with Crippen LogP contribution in [0.5, 0.6) is 0 Å². The van der Waals surface area contributed by atoms with Gasteiger partial charge in [0.05, 0.1) is 0 Å². The van der Waals surface area contributed by atoms with E-state index in [-0.39, 0.29) is 5.82 Å². The molecule has 1 aromatic heterocycles. The summed E-state index contributed by atoms with van der Waals surface area (Å²) in [6.07, 6.45) is 1.04. The summed E-state index contributed by atoms with van der Waals surface area (Å²) < 4.78 is 13.1. The molecule has 1 N–H and O–H groups in total. The normalized spacial score (nSPS) is 10.5. The van der Waals surface area contributed by atoms with Gasteiger partial charge in [-0.1, -0.05) is 6.92 Å². The average Bonchev–Trinajstić information content (AvgIpc) is 2.35. The molecule has 0 radical (unpaired) electrons. The van der Waals surface area contributed by atoms with Crippen molar-refractivity contribution in [2.45, 2.75) is 27.2 Å². The molecule has 100 valence electrons. The Morgan fingerprint density at radius 1 is 1.16 bits per heavy atom. The molecule has 2 rings (SSSR count). The maximum absolute atomic E-state index is 13.1. The lowest BCUT2D eigenvalue weighted by Crippen LogP contribution is -2.04. The first-order chi connectivity index (χ1) is 9.10. The molecule has 0 bridgehead atoms. The van der Waals surface area contributed by atoms with Gasteiger partial charge in [0.15, 0.2) is 5.82 Å². The monoisotopic (exact) mass is 259 g/mol. The zero-order chi connectivity index (χ0) is 13.8. The van der Waals surface area contributed by atoms with Gasteiger partial charge in [0.1, 0.15) is 11.6 Å². The van der Waals surface area contributed by atoms with Crippen LogP contribution in [0.3, 0.4) is 0 Å². The predicted octanol–water partition coefficient (Wildman–Crippen LogP) is 3.72. The summed E-state index contributed by atoms with van der Waals surface area (Å²) in [5.74, 6) is 1.21. The minimum absolute atomic E-state index is 0.238. The maximum Gasteiger partial charge on any atom is 0.162 e. The van der Waals surface area contributed by atoms with E-state index in [1.54, 1.807) is 6.07 Å². The molecule has 1 aromatic carbocycles. The van der Waals surface area contributed by atoms with E-state index in [2.05, 4.69) is 22.2 Å². The van der Waals surface area contributed by atoms with Gasteiger partial charge in [0, 0.05) is 23.9 Å². The first-order valence-corrected chi connectivity index (χ1v) is 6.46. The summed E-state index contributed by atoms with van der Waals surface area (Å²) in [6.45, 7) is 6.77. The highest BCUT2D eigenvalue weighted by atomic mass is 19.1. The first-order valence-electron chi connectivity index (χ1n) is 6.46. The van der Waals surface area contributed by atoms with Crippen molar-refractivity contribution in [1.29, 1.82) is 0 Å². The number of aryl methyl sites for hydroxylation is 2. The van der Waals surface area contributed by atoms with Crippen LogP contribution in [0, 0.1) is 19.7 Å². The van der Waals surface area contributed by atoms with Gasteiger partial charge >= 0.3 is 0 Å². The van der Waals surface area contributed by atoms with Crippen LogP contribution in [0.4, 0.5) is 10.2 Å². The molecule has 0 saturated carbocycles. The minimum atomic E-state index is -0.238. The molecule has 4 heteroatoms. The predicted molar refractivity (Wildman–Crippen MR) is 75.7 cm³/mol. The number of hydrogen-bond acceptors (Lipinski definition) is 3. The number of rotatable bonds is 4. The summed E-state index contributed by atoms with van der Waals surface area (Å²) in [4.78, 5) is 8.92. The summed E-state index contributed by atoms with van der Waals surface area (Å²) in [7, 11) is 0. The smallest absolute Gasteiger partial charge is 0.162 e. The second kappa shape index (κ2) is 5.78. The molecule has 0 fully saturated rings. The number of nitrogens with zero attached hydrogens (tertiary/aromatic N) is 2. The fourth-order valence-electron chi connectivity index (χ4n) is 1.91. The van der Waals surface area contributed by atoms with Crippen molar-refractivity contribution in [3.05, 3.63) is 41.3 Å². The van der Waals surface area contributed by atoms with Crippen LogP contribution < -0.4 is 5.32 Å². The third-order valence-electron chi connectivity index (χ3n) is 2.84. The fraction of sp³-hybridized carbons (Fsp3) is 0.333. The number of nitrogens with one attached hydrogen (secondary N) is 1. The molecule has 0 amide bonds. The quantitative estimate of drug-likeness (QED) is 0.909. The minimum Gasteiger partial charge on any atom is -0.370 e. The zero-order valence-electron chi connectivity index (χ0n) is 11.5. The lowest BCUT2D eigenvalue weighted by molar-refractivity contribution is 0.627. The number of aromatic nitrogens is 2. The van der Waals surface area contributed by atoms with Gasteiger partial charge in [0.25, 0.3) is 0 Å². The van der Waals surface area contributed by atoms with E-state index in [1.165, 1.54) is 12.1 Å². The lowest BCUT2D eigenvalue weighted by Gasteiger charge is -2.09. The Balaban J connectivity index is 2.41. The molecule has 1 heterocycles. The summed E-state index contributed by atoms with van der Waals surface area (Å²) >= 11 is 0. The number of hydrogen-bond donors (Lipinski definition) is 1. The molecule has 0 atom stereocenters. The Bertz CT molecular complexity index is 582. The molecular weight excluding hydrogens is 241 g/mol. The van der Waals surface area contributed by atoms with Crippen LogP contribution in [0.25, 0.3) is 11.4 Å². The van der Waals surface area contributed by atoms with Gasteiger partial charge in [-0.2, -0.15) is 0 Å². The molecule has 0 saturated heterocycles. The Morgan fingerprint density at radius 2 is 1.95 bits per heavy atom. The summed E-state index contributed by atoms with van der Waals surface area (Å²) in [5, 5.41) is 3.25. The van der Waals surface area contributed by atoms with Gasteiger partial charge in [-0.05, 0) is 44.0 Å². The zero-order valence-corrected chi connectivity index (χ0v) is 11.5. The van der Waals surface area contributed by atoms with Crippen molar-refractivity contribution in [2.75, 3.05) is 11.9 Å². The van der Waals surface area contributed by atoms with Crippen LogP contribution in [-0.2, 0) is 0 Å². The standard InChI is InChI=1S/C15H18FN3/c1-4-7-17-14-9-11(3)18-15(19-14)13-6-5-12(16)8-10(13)2/h5-6,8-9H,4,7H2,1-3H3,(H,17,18,19). The lowest BCUT2D eigenvalue weighted by atomic mass is 10.1. The molecule has 0 aliphatic rings. The molecule has 0 spiro atoms. The van der Waals surface area contributed by atoms with Crippen molar-refractivity contribution in [1.82, 2.24) is 9.97 Å². The van der Waals surface area contributed by atoms with Gasteiger partial charge in [-0.15, -0.1) is 0 Å².